The molecule has 1 heterocycles. The van der Waals surface area contributed by atoms with Crippen LogP contribution < -0.4 is 10.4 Å². The van der Waals surface area contributed by atoms with Crippen LogP contribution in [0.5, 0.6) is 0 Å². The van der Waals surface area contributed by atoms with Crippen molar-refractivity contribution in [2.75, 3.05) is 0 Å². The van der Waals surface area contributed by atoms with Gasteiger partial charge in [0.25, 0.3) is 5.56 Å². The van der Waals surface area contributed by atoms with Gasteiger partial charge in [0, 0.05) is 18.4 Å². The van der Waals surface area contributed by atoms with Gasteiger partial charge in [0.1, 0.15) is 0 Å². The number of aromatic nitrogens is 1. The van der Waals surface area contributed by atoms with Crippen LogP contribution in [0.1, 0.15) is 6.92 Å². The van der Waals surface area contributed by atoms with Crippen LogP contribution in [-0.4, -0.2) is 10.7 Å². The SMILES string of the molecule is CC(=O)On1c(=O)ccc2ccccc21. The Labute approximate surface area is 85.7 Å². The molecule has 0 saturated heterocycles. The molecule has 0 aliphatic carbocycles. The number of carbonyl (C=O) groups excluding carboxylic acids is 1. The molecule has 1 aromatic heterocycles. The Morgan fingerprint density at radius 1 is 1.20 bits per heavy atom. The van der Waals surface area contributed by atoms with E-state index in [0.29, 0.717) is 5.52 Å². The fraction of sp³-hybridized carbons (Fsp3) is 0.0909. The van der Waals surface area contributed by atoms with E-state index in [4.69, 9.17) is 4.84 Å². The summed E-state index contributed by atoms with van der Waals surface area (Å²) in [5, 5.41) is 0.846. The summed E-state index contributed by atoms with van der Waals surface area (Å²) in [5.41, 5.74) is 0.226. The Morgan fingerprint density at radius 3 is 2.67 bits per heavy atom. The van der Waals surface area contributed by atoms with Gasteiger partial charge in [-0.3, -0.25) is 4.79 Å². The first kappa shape index (κ1) is 9.45. The number of hydrogen-bond donors (Lipinski definition) is 0. The van der Waals surface area contributed by atoms with Gasteiger partial charge >= 0.3 is 5.97 Å². The smallest absolute Gasteiger partial charge is 0.330 e. The molecule has 2 aromatic rings. The van der Waals surface area contributed by atoms with E-state index < -0.39 is 5.97 Å². The predicted molar refractivity (Wildman–Crippen MR) is 55.5 cm³/mol. The molecule has 0 fully saturated rings. The first-order chi connectivity index (χ1) is 7.18. The fourth-order valence-corrected chi connectivity index (χ4v) is 1.38. The Bertz CT molecular complexity index is 571. The van der Waals surface area contributed by atoms with Gasteiger partial charge in [-0.15, -0.1) is 4.73 Å². The number of para-hydroxylation sites is 1. The van der Waals surface area contributed by atoms with Crippen molar-refractivity contribution in [1.82, 2.24) is 4.73 Å². The monoisotopic (exact) mass is 203 g/mol. The lowest BCUT2D eigenvalue weighted by Crippen LogP contribution is -2.29. The highest BCUT2D eigenvalue weighted by Gasteiger charge is 2.04. The highest BCUT2D eigenvalue weighted by Crippen LogP contribution is 2.09. The number of nitrogens with zero attached hydrogens (tertiary/aromatic N) is 1. The minimum Gasteiger partial charge on any atom is -0.333 e. The molecule has 2 rings (SSSR count). The topological polar surface area (TPSA) is 48.3 Å². The van der Waals surface area contributed by atoms with Crippen molar-refractivity contribution >= 4 is 16.9 Å². The highest BCUT2D eigenvalue weighted by atomic mass is 16.7. The van der Waals surface area contributed by atoms with E-state index in [1.54, 1.807) is 18.2 Å². The second-order valence-electron chi connectivity index (χ2n) is 3.11. The van der Waals surface area contributed by atoms with E-state index in [0.717, 1.165) is 10.1 Å². The van der Waals surface area contributed by atoms with E-state index in [-0.39, 0.29) is 5.56 Å². The van der Waals surface area contributed by atoms with Gasteiger partial charge < -0.3 is 4.84 Å². The minimum absolute atomic E-state index is 0.357. The Kier molecular flexibility index (Phi) is 2.25. The van der Waals surface area contributed by atoms with Crippen LogP contribution in [-0.2, 0) is 4.79 Å². The lowest BCUT2D eigenvalue weighted by atomic mass is 10.2. The first-order valence-electron chi connectivity index (χ1n) is 4.48. The lowest BCUT2D eigenvalue weighted by molar-refractivity contribution is -0.141. The van der Waals surface area contributed by atoms with Gasteiger partial charge in [-0.25, -0.2) is 4.79 Å². The molecule has 0 spiro atoms. The zero-order chi connectivity index (χ0) is 10.8. The van der Waals surface area contributed by atoms with Crippen molar-refractivity contribution in [3.63, 3.8) is 0 Å². The second kappa shape index (κ2) is 3.57. The van der Waals surface area contributed by atoms with Crippen molar-refractivity contribution in [1.29, 1.82) is 0 Å². The van der Waals surface area contributed by atoms with Gasteiger partial charge in [0.2, 0.25) is 0 Å². The normalized spacial score (nSPS) is 10.2. The molecule has 1 aromatic carbocycles. The molecule has 0 radical (unpaired) electrons. The summed E-state index contributed by atoms with van der Waals surface area (Å²) in [6.45, 7) is 1.26. The Balaban J connectivity index is 2.74. The molecule has 0 unspecified atom stereocenters. The van der Waals surface area contributed by atoms with E-state index in [1.165, 1.54) is 13.0 Å². The molecule has 0 atom stereocenters. The maximum Gasteiger partial charge on any atom is 0.330 e. The molecule has 0 saturated carbocycles. The molecule has 0 aliphatic rings. The predicted octanol–water partition coefficient (Wildman–Crippen LogP) is 0.977. The van der Waals surface area contributed by atoms with Crippen molar-refractivity contribution in [3.05, 3.63) is 46.8 Å². The largest absolute Gasteiger partial charge is 0.333 e. The molecule has 15 heavy (non-hydrogen) atoms. The van der Waals surface area contributed by atoms with Crippen molar-refractivity contribution < 1.29 is 9.63 Å². The standard InChI is InChI=1S/C11H9NO3/c1-8(13)15-12-10-5-3-2-4-9(10)6-7-11(12)14/h2-7H,1H3. The third-order valence-corrected chi connectivity index (χ3v) is 1.98. The van der Waals surface area contributed by atoms with Crippen molar-refractivity contribution in [2.24, 2.45) is 0 Å². The number of fused-ring (bicyclic) bond motifs is 1. The summed E-state index contributed by atoms with van der Waals surface area (Å²) in [7, 11) is 0. The Morgan fingerprint density at radius 2 is 1.93 bits per heavy atom. The average Bonchev–Trinajstić information content (AvgIpc) is 2.22. The van der Waals surface area contributed by atoms with Crippen LogP contribution in [0.4, 0.5) is 0 Å². The molecule has 0 bridgehead atoms. The van der Waals surface area contributed by atoms with Crippen LogP contribution in [0.15, 0.2) is 41.2 Å². The van der Waals surface area contributed by atoms with Gasteiger partial charge in [-0.05, 0) is 12.1 Å². The number of pyridine rings is 1. The van der Waals surface area contributed by atoms with Crippen LogP contribution >= 0.6 is 0 Å². The molecule has 0 N–H and O–H groups in total. The maximum atomic E-state index is 11.5. The van der Waals surface area contributed by atoms with Gasteiger partial charge in [0.15, 0.2) is 0 Å². The summed E-state index contributed by atoms with van der Waals surface area (Å²) in [5.74, 6) is -0.520. The summed E-state index contributed by atoms with van der Waals surface area (Å²) in [4.78, 5) is 27.1. The van der Waals surface area contributed by atoms with Crippen LogP contribution in [0, 0.1) is 0 Å². The lowest BCUT2D eigenvalue weighted by Gasteiger charge is -2.07. The molecular formula is C11H9NO3. The van der Waals surface area contributed by atoms with E-state index in [2.05, 4.69) is 0 Å². The summed E-state index contributed by atoms with van der Waals surface area (Å²) >= 11 is 0. The van der Waals surface area contributed by atoms with Crippen LogP contribution in [0.2, 0.25) is 0 Å². The van der Waals surface area contributed by atoms with Gasteiger partial charge in [-0.2, -0.15) is 0 Å². The zero-order valence-corrected chi connectivity index (χ0v) is 8.14. The van der Waals surface area contributed by atoms with Crippen LogP contribution in [0.25, 0.3) is 10.9 Å². The highest BCUT2D eigenvalue weighted by molar-refractivity contribution is 5.79. The number of hydrogen-bond acceptors (Lipinski definition) is 3. The molecule has 0 aliphatic heterocycles. The van der Waals surface area contributed by atoms with Crippen molar-refractivity contribution in [2.45, 2.75) is 6.92 Å². The fourth-order valence-electron chi connectivity index (χ4n) is 1.38. The molecule has 76 valence electrons. The van der Waals surface area contributed by atoms with Gasteiger partial charge in [-0.1, -0.05) is 18.2 Å². The van der Waals surface area contributed by atoms with E-state index in [9.17, 15) is 9.59 Å². The quantitative estimate of drug-likeness (QED) is 0.694. The Hall–Kier alpha value is -2.10. The third kappa shape index (κ3) is 1.74. The first-order valence-corrected chi connectivity index (χ1v) is 4.48. The molecule has 4 nitrogen and oxygen atoms in total. The van der Waals surface area contributed by atoms with E-state index in [1.807, 2.05) is 12.1 Å². The number of carbonyl (C=O) groups is 1. The zero-order valence-electron chi connectivity index (χ0n) is 8.14. The second-order valence-corrected chi connectivity index (χ2v) is 3.11. The third-order valence-electron chi connectivity index (χ3n) is 1.98. The summed E-state index contributed by atoms with van der Waals surface area (Å²) in [6, 6.07) is 10.3. The summed E-state index contributed by atoms with van der Waals surface area (Å²) in [6.07, 6.45) is 0. The maximum absolute atomic E-state index is 11.5. The minimum atomic E-state index is -0.520. The number of benzene rings is 1. The average molecular weight is 203 g/mol. The van der Waals surface area contributed by atoms with E-state index >= 15 is 0 Å². The number of rotatable bonds is 1. The molecule has 4 heteroatoms. The van der Waals surface area contributed by atoms with Gasteiger partial charge in [0.05, 0.1) is 5.52 Å². The van der Waals surface area contributed by atoms with Crippen LogP contribution in [0.3, 0.4) is 0 Å². The molecule has 0 amide bonds. The van der Waals surface area contributed by atoms with Crippen molar-refractivity contribution in [3.8, 4) is 0 Å². The summed E-state index contributed by atoms with van der Waals surface area (Å²) < 4.78 is 0.998. The molecular weight excluding hydrogens is 194 g/mol.